The number of halogens is 1. The number of guanidine groups is 1. The molecule has 0 radical (unpaired) electrons. The summed E-state index contributed by atoms with van der Waals surface area (Å²) in [6, 6.07) is 0. The summed E-state index contributed by atoms with van der Waals surface area (Å²) >= 11 is 2.10. The minimum Gasteiger partial charge on any atom is -0.345 e. The highest BCUT2D eigenvalue weighted by Crippen LogP contribution is 1.98. The van der Waals surface area contributed by atoms with Crippen LogP contribution in [0.4, 0.5) is 0 Å². The Balaban J connectivity index is 2.53. The van der Waals surface area contributed by atoms with Gasteiger partial charge in [-0.1, -0.05) is 0 Å². The minimum atomic E-state index is 0.968. The summed E-state index contributed by atoms with van der Waals surface area (Å²) < 4.78 is 3.00. The van der Waals surface area contributed by atoms with Crippen molar-refractivity contribution in [1.29, 1.82) is 0 Å². The predicted octanol–water partition coefficient (Wildman–Crippen LogP) is 0.618. The molecule has 0 aromatic rings. The molecule has 1 heterocycles. The van der Waals surface area contributed by atoms with E-state index in [4.69, 9.17) is 0 Å². The summed E-state index contributed by atoms with van der Waals surface area (Å²) in [5.41, 5.74) is 0. The summed E-state index contributed by atoms with van der Waals surface area (Å²) in [7, 11) is 2.05. The van der Waals surface area contributed by atoms with Crippen molar-refractivity contribution in [2.24, 2.45) is 4.99 Å². The summed E-state index contributed by atoms with van der Waals surface area (Å²) in [5, 5.41) is 0. The average Bonchev–Trinajstić information content (AvgIpc) is 1.89. The Bertz CT molecular complexity index is 123. The van der Waals surface area contributed by atoms with Gasteiger partial charge in [0.15, 0.2) is 0 Å². The SMILES string of the molecule is CN1CCCN=C1NI. The lowest BCUT2D eigenvalue weighted by atomic mass is 10.4. The summed E-state index contributed by atoms with van der Waals surface area (Å²) in [6.45, 7) is 2.09. The highest BCUT2D eigenvalue weighted by Gasteiger charge is 2.07. The van der Waals surface area contributed by atoms with Crippen molar-refractivity contribution in [3.63, 3.8) is 0 Å². The lowest BCUT2D eigenvalue weighted by molar-refractivity contribution is 0.459. The molecule has 0 aliphatic carbocycles. The summed E-state index contributed by atoms with van der Waals surface area (Å²) in [6.07, 6.45) is 1.18. The van der Waals surface area contributed by atoms with Crippen LogP contribution in [0, 0.1) is 0 Å². The van der Waals surface area contributed by atoms with Gasteiger partial charge in [0.1, 0.15) is 0 Å². The van der Waals surface area contributed by atoms with Crippen molar-refractivity contribution >= 4 is 28.8 Å². The van der Waals surface area contributed by atoms with Crippen molar-refractivity contribution in [1.82, 2.24) is 8.43 Å². The first-order valence-electron chi connectivity index (χ1n) is 2.97. The van der Waals surface area contributed by atoms with E-state index in [0.29, 0.717) is 0 Å². The minimum absolute atomic E-state index is 0.968. The monoisotopic (exact) mass is 239 g/mol. The van der Waals surface area contributed by atoms with Crippen molar-refractivity contribution in [2.75, 3.05) is 20.1 Å². The molecular weight excluding hydrogens is 229 g/mol. The third kappa shape index (κ3) is 1.70. The van der Waals surface area contributed by atoms with Gasteiger partial charge < -0.3 is 4.90 Å². The smallest absolute Gasteiger partial charge is 0.202 e. The second-order valence-corrected chi connectivity index (χ2v) is 2.61. The molecule has 0 spiro atoms. The van der Waals surface area contributed by atoms with Crippen LogP contribution in [0.25, 0.3) is 0 Å². The molecular formula is C5H10IN3. The molecule has 0 unspecified atom stereocenters. The molecule has 0 saturated heterocycles. The molecule has 1 aliphatic rings. The second-order valence-electron chi connectivity index (χ2n) is 2.07. The number of nitrogens with one attached hydrogen (secondary N) is 1. The van der Waals surface area contributed by atoms with E-state index in [0.717, 1.165) is 19.0 Å². The number of aliphatic imine (C=N–C) groups is 1. The maximum absolute atomic E-state index is 4.25. The van der Waals surface area contributed by atoms with Crippen LogP contribution in [0.3, 0.4) is 0 Å². The first-order chi connectivity index (χ1) is 4.34. The van der Waals surface area contributed by atoms with E-state index < -0.39 is 0 Å². The van der Waals surface area contributed by atoms with Gasteiger partial charge in [0, 0.05) is 20.1 Å². The van der Waals surface area contributed by atoms with E-state index >= 15 is 0 Å². The molecule has 0 bridgehead atoms. The molecule has 0 saturated carbocycles. The largest absolute Gasteiger partial charge is 0.345 e. The second kappa shape index (κ2) is 3.24. The fourth-order valence-corrected chi connectivity index (χ4v) is 1.40. The third-order valence-electron chi connectivity index (χ3n) is 1.36. The molecule has 0 amide bonds. The van der Waals surface area contributed by atoms with E-state index in [9.17, 15) is 0 Å². The van der Waals surface area contributed by atoms with Crippen molar-refractivity contribution in [3.05, 3.63) is 0 Å². The van der Waals surface area contributed by atoms with Gasteiger partial charge in [-0.25, -0.2) is 0 Å². The highest BCUT2D eigenvalue weighted by molar-refractivity contribution is 14.1. The van der Waals surface area contributed by atoms with Gasteiger partial charge in [-0.15, -0.1) is 0 Å². The Labute approximate surface area is 69.0 Å². The Morgan fingerprint density at radius 2 is 2.56 bits per heavy atom. The molecule has 0 atom stereocenters. The topological polar surface area (TPSA) is 27.6 Å². The molecule has 52 valence electrons. The van der Waals surface area contributed by atoms with Crippen LogP contribution in [0.15, 0.2) is 4.99 Å². The molecule has 3 nitrogen and oxygen atoms in total. The lowest BCUT2D eigenvalue weighted by Gasteiger charge is -2.23. The number of hydrogen-bond donors (Lipinski definition) is 1. The van der Waals surface area contributed by atoms with Gasteiger partial charge >= 0.3 is 0 Å². The average molecular weight is 239 g/mol. The Kier molecular flexibility index (Phi) is 2.56. The normalized spacial score (nSPS) is 19.3. The Morgan fingerprint density at radius 1 is 1.78 bits per heavy atom. The van der Waals surface area contributed by atoms with Gasteiger partial charge in [-0.2, -0.15) is 0 Å². The van der Waals surface area contributed by atoms with Crippen LogP contribution >= 0.6 is 22.9 Å². The Morgan fingerprint density at radius 3 is 3.00 bits per heavy atom. The van der Waals surface area contributed by atoms with Crippen LogP contribution in [0.2, 0.25) is 0 Å². The van der Waals surface area contributed by atoms with E-state index in [1.807, 2.05) is 7.05 Å². The number of rotatable bonds is 0. The van der Waals surface area contributed by atoms with E-state index in [2.05, 4.69) is 36.3 Å². The van der Waals surface area contributed by atoms with E-state index in [1.165, 1.54) is 6.42 Å². The van der Waals surface area contributed by atoms with E-state index in [-0.39, 0.29) is 0 Å². The van der Waals surface area contributed by atoms with Crippen molar-refractivity contribution < 1.29 is 0 Å². The highest BCUT2D eigenvalue weighted by atomic mass is 127. The van der Waals surface area contributed by atoms with Crippen LogP contribution in [0.5, 0.6) is 0 Å². The molecule has 0 aromatic heterocycles. The number of hydrogen-bond acceptors (Lipinski definition) is 3. The van der Waals surface area contributed by atoms with Gasteiger partial charge in [0.25, 0.3) is 0 Å². The molecule has 0 aromatic carbocycles. The van der Waals surface area contributed by atoms with Gasteiger partial charge in [-0.3, -0.25) is 8.52 Å². The van der Waals surface area contributed by atoms with Crippen LogP contribution < -0.4 is 3.53 Å². The first-order valence-corrected chi connectivity index (χ1v) is 4.04. The zero-order valence-corrected chi connectivity index (χ0v) is 7.55. The summed E-state index contributed by atoms with van der Waals surface area (Å²) in [5.74, 6) is 1.00. The maximum atomic E-state index is 4.25. The van der Waals surface area contributed by atoms with Crippen molar-refractivity contribution in [3.8, 4) is 0 Å². The number of nitrogens with zero attached hydrogens (tertiary/aromatic N) is 2. The maximum Gasteiger partial charge on any atom is 0.202 e. The fraction of sp³-hybridized carbons (Fsp3) is 0.800. The molecule has 1 rings (SSSR count). The van der Waals surface area contributed by atoms with Gasteiger partial charge in [-0.05, 0) is 6.42 Å². The van der Waals surface area contributed by atoms with Crippen molar-refractivity contribution in [2.45, 2.75) is 6.42 Å². The van der Waals surface area contributed by atoms with Crippen LogP contribution in [0.1, 0.15) is 6.42 Å². The molecule has 9 heavy (non-hydrogen) atoms. The zero-order chi connectivity index (χ0) is 6.69. The predicted molar refractivity (Wildman–Crippen MR) is 46.7 cm³/mol. The fourth-order valence-electron chi connectivity index (χ4n) is 0.821. The first kappa shape index (κ1) is 7.11. The zero-order valence-electron chi connectivity index (χ0n) is 5.39. The lowest BCUT2D eigenvalue weighted by Crippen LogP contribution is -2.37. The molecule has 1 aliphatic heterocycles. The van der Waals surface area contributed by atoms with Gasteiger partial charge in [0.05, 0.1) is 22.9 Å². The Hall–Kier alpha value is 0. The molecule has 1 N–H and O–H groups in total. The third-order valence-corrected chi connectivity index (χ3v) is 1.84. The summed E-state index contributed by atoms with van der Waals surface area (Å²) in [4.78, 5) is 6.37. The van der Waals surface area contributed by atoms with Crippen LogP contribution in [-0.2, 0) is 0 Å². The molecule has 4 heteroatoms. The van der Waals surface area contributed by atoms with Crippen LogP contribution in [-0.4, -0.2) is 31.0 Å². The van der Waals surface area contributed by atoms with Gasteiger partial charge in [0.2, 0.25) is 5.96 Å². The molecule has 0 fully saturated rings. The quantitative estimate of drug-likeness (QED) is 0.495. The van der Waals surface area contributed by atoms with E-state index in [1.54, 1.807) is 0 Å². The standard InChI is InChI=1S/C5H10IN3/c1-9-4-2-3-7-5(9)8-6/h2-4H2,1H3,(H,7,8).